The molecule has 0 aliphatic carbocycles. The number of carbonyl (C=O) groups excluding carboxylic acids is 2. The number of amides is 1. The number of anilines is 1. The predicted molar refractivity (Wildman–Crippen MR) is 92.3 cm³/mol. The molecule has 1 aromatic rings. The Kier molecular flexibility index (Phi) is 9.51. The van der Waals surface area contributed by atoms with E-state index in [1.54, 1.807) is 14.0 Å². The number of benzene rings is 1. The normalized spacial score (nSPS) is 10.6. The van der Waals surface area contributed by atoms with Gasteiger partial charge in [0.2, 0.25) is 5.91 Å². The van der Waals surface area contributed by atoms with Crippen LogP contribution in [0.25, 0.3) is 0 Å². The van der Waals surface area contributed by atoms with Gasteiger partial charge in [-0.2, -0.15) is 0 Å². The number of methoxy groups -OCH3 is 1. The molecule has 0 spiro atoms. The molecule has 128 valence electrons. The molecule has 0 fully saturated rings. The second-order valence-electron chi connectivity index (χ2n) is 4.88. The Hall–Kier alpha value is -1.44. The van der Waals surface area contributed by atoms with Crippen molar-refractivity contribution in [1.29, 1.82) is 0 Å². The molecule has 0 unspecified atom stereocenters. The number of hydrogen-bond acceptors (Lipinski definition) is 5. The summed E-state index contributed by atoms with van der Waals surface area (Å²) < 4.78 is 10.9. The van der Waals surface area contributed by atoms with Crippen molar-refractivity contribution in [2.75, 3.05) is 45.3 Å². The fourth-order valence-corrected chi connectivity index (χ4v) is 2.33. The van der Waals surface area contributed by atoms with Crippen molar-refractivity contribution < 1.29 is 19.1 Å². The van der Waals surface area contributed by atoms with Crippen molar-refractivity contribution in [3.63, 3.8) is 0 Å². The summed E-state index contributed by atoms with van der Waals surface area (Å²) in [5.74, 6) is -0.398. The maximum atomic E-state index is 12.0. The third-order valence-electron chi connectivity index (χ3n) is 3.03. The first-order valence-electron chi connectivity index (χ1n) is 7.47. The molecule has 0 radical (unpaired) electrons. The zero-order valence-electron chi connectivity index (χ0n) is 13.5. The SMILES string of the molecule is CCOC(=O)CN(CCOC)CCC(=O)Nc1cccc(Br)c1. The number of nitrogens with zero attached hydrogens (tertiary/aromatic N) is 1. The van der Waals surface area contributed by atoms with Gasteiger partial charge in [-0.3, -0.25) is 14.5 Å². The molecule has 1 amide bonds. The Balaban J connectivity index is 2.45. The van der Waals surface area contributed by atoms with Gasteiger partial charge in [-0.25, -0.2) is 0 Å². The highest BCUT2D eigenvalue weighted by molar-refractivity contribution is 9.10. The monoisotopic (exact) mass is 386 g/mol. The number of halogens is 1. The van der Waals surface area contributed by atoms with Gasteiger partial charge in [-0.1, -0.05) is 22.0 Å². The second kappa shape index (κ2) is 11.2. The van der Waals surface area contributed by atoms with E-state index in [-0.39, 0.29) is 24.8 Å². The largest absolute Gasteiger partial charge is 0.465 e. The fourth-order valence-electron chi connectivity index (χ4n) is 1.93. The Morgan fingerprint density at radius 3 is 2.74 bits per heavy atom. The van der Waals surface area contributed by atoms with Gasteiger partial charge in [0.15, 0.2) is 0 Å². The Morgan fingerprint density at radius 2 is 2.09 bits per heavy atom. The van der Waals surface area contributed by atoms with Gasteiger partial charge in [0.05, 0.1) is 19.8 Å². The topological polar surface area (TPSA) is 67.9 Å². The molecular weight excluding hydrogens is 364 g/mol. The van der Waals surface area contributed by atoms with Crippen LogP contribution in [-0.4, -0.2) is 56.7 Å². The van der Waals surface area contributed by atoms with Crippen molar-refractivity contribution >= 4 is 33.5 Å². The molecule has 0 aromatic heterocycles. The third-order valence-corrected chi connectivity index (χ3v) is 3.53. The van der Waals surface area contributed by atoms with E-state index in [0.717, 1.165) is 10.2 Å². The predicted octanol–water partition coefficient (Wildman–Crippen LogP) is 2.29. The van der Waals surface area contributed by atoms with Gasteiger partial charge in [-0.05, 0) is 25.1 Å². The third kappa shape index (κ3) is 8.68. The van der Waals surface area contributed by atoms with Crippen molar-refractivity contribution in [2.24, 2.45) is 0 Å². The molecule has 6 nitrogen and oxygen atoms in total. The lowest BCUT2D eigenvalue weighted by molar-refractivity contribution is -0.144. The molecule has 1 aromatic carbocycles. The van der Waals surface area contributed by atoms with Crippen LogP contribution in [-0.2, 0) is 19.1 Å². The van der Waals surface area contributed by atoms with Crippen LogP contribution in [0.5, 0.6) is 0 Å². The van der Waals surface area contributed by atoms with Gasteiger partial charge < -0.3 is 14.8 Å². The number of rotatable bonds is 10. The van der Waals surface area contributed by atoms with E-state index in [1.807, 2.05) is 29.2 Å². The lowest BCUT2D eigenvalue weighted by Gasteiger charge is -2.20. The van der Waals surface area contributed by atoms with Crippen LogP contribution < -0.4 is 5.32 Å². The first-order valence-corrected chi connectivity index (χ1v) is 8.26. The fraction of sp³-hybridized carbons (Fsp3) is 0.500. The van der Waals surface area contributed by atoms with Crippen molar-refractivity contribution in [1.82, 2.24) is 4.90 Å². The number of ether oxygens (including phenoxy) is 2. The minimum absolute atomic E-state index is 0.102. The molecular formula is C16H23BrN2O4. The molecule has 1 N–H and O–H groups in total. The van der Waals surface area contributed by atoms with Crippen LogP contribution in [0.3, 0.4) is 0 Å². The molecule has 0 aliphatic rings. The van der Waals surface area contributed by atoms with Gasteiger partial charge >= 0.3 is 5.97 Å². The summed E-state index contributed by atoms with van der Waals surface area (Å²) in [7, 11) is 1.60. The first-order chi connectivity index (χ1) is 11.0. The Morgan fingerprint density at radius 1 is 1.30 bits per heavy atom. The van der Waals surface area contributed by atoms with Crippen LogP contribution in [0.4, 0.5) is 5.69 Å². The standard InChI is InChI=1S/C16H23BrN2O4/c1-3-23-16(21)12-19(9-10-22-2)8-7-15(20)18-14-6-4-5-13(17)11-14/h4-6,11H,3,7-10,12H2,1-2H3,(H,18,20). The quantitative estimate of drug-likeness (QED) is 0.624. The Bertz CT molecular complexity index is 511. The molecule has 1 rings (SSSR count). The molecule has 0 atom stereocenters. The maximum absolute atomic E-state index is 12.0. The second-order valence-corrected chi connectivity index (χ2v) is 5.80. The molecule has 0 heterocycles. The summed E-state index contributed by atoms with van der Waals surface area (Å²) in [5, 5.41) is 2.83. The summed E-state index contributed by atoms with van der Waals surface area (Å²) in [5.41, 5.74) is 0.734. The molecule has 23 heavy (non-hydrogen) atoms. The van der Waals surface area contributed by atoms with E-state index in [9.17, 15) is 9.59 Å². The number of nitrogens with one attached hydrogen (secondary N) is 1. The van der Waals surface area contributed by atoms with E-state index in [0.29, 0.717) is 26.3 Å². The van der Waals surface area contributed by atoms with E-state index in [4.69, 9.17) is 9.47 Å². The highest BCUT2D eigenvalue weighted by Gasteiger charge is 2.13. The highest BCUT2D eigenvalue weighted by Crippen LogP contribution is 2.15. The van der Waals surface area contributed by atoms with Gasteiger partial charge in [0.25, 0.3) is 0 Å². The lowest BCUT2D eigenvalue weighted by atomic mass is 10.3. The molecule has 0 saturated heterocycles. The summed E-state index contributed by atoms with van der Waals surface area (Å²) >= 11 is 3.36. The number of esters is 1. The summed E-state index contributed by atoms with van der Waals surface area (Å²) in [6, 6.07) is 7.40. The van der Waals surface area contributed by atoms with Crippen LogP contribution in [0.15, 0.2) is 28.7 Å². The highest BCUT2D eigenvalue weighted by atomic mass is 79.9. The minimum Gasteiger partial charge on any atom is -0.465 e. The zero-order valence-corrected chi connectivity index (χ0v) is 15.1. The van der Waals surface area contributed by atoms with E-state index < -0.39 is 0 Å². The molecule has 7 heteroatoms. The van der Waals surface area contributed by atoms with E-state index in [2.05, 4.69) is 21.2 Å². The molecule has 0 aliphatic heterocycles. The lowest BCUT2D eigenvalue weighted by Crippen LogP contribution is -2.36. The van der Waals surface area contributed by atoms with Crippen LogP contribution in [0, 0.1) is 0 Å². The van der Waals surface area contributed by atoms with Crippen LogP contribution in [0.2, 0.25) is 0 Å². The van der Waals surface area contributed by atoms with Crippen LogP contribution >= 0.6 is 15.9 Å². The summed E-state index contributed by atoms with van der Waals surface area (Å²) in [6.45, 7) is 3.79. The zero-order chi connectivity index (χ0) is 17.1. The Labute approximate surface area is 145 Å². The number of hydrogen-bond donors (Lipinski definition) is 1. The maximum Gasteiger partial charge on any atom is 0.320 e. The average molecular weight is 387 g/mol. The minimum atomic E-state index is -0.295. The molecule has 0 bridgehead atoms. The summed E-state index contributed by atoms with van der Waals surface area (Å²) in [4.78, 5) is 25.4. The van der Waals surface area contributed by atoms with E-state index in [1.165, 1.54) is 0 Å². The van der Waals surface area contributed by atoms with Gasteiger partial charge in [0.1, 0.15) is 0 Å². The average Bonchev–Trinajstić information content (AvgIpc) is 2.50. The molecule has 0 saturated carbocycles. The summed E-state index contributed by atoms with van der Waals surface area (Å²) in [6.07, 6.45) is 0.287. The number of carbonyl (C=O) groups is 2. The first kappa shape index (κ1) is 19.6. The van der Waals surface area contributed by atoms with Crippen LogP contribution in [0.1, 0.15) is 13.3 Å². The van der Waals surface area contributed by atoms with Crippen molar-refractivity contribution in [3.8, 4) is 0 Å². The smallest absolute Gasteiger partial charge is 0.320 e. The van der Waals surface area contributed by atoms with E-state index >= 15 is 0 Å². The van der Waals surface area contributed by atoms with Crippen molar-refractivity contribution in [2.45, 2.75) is 13.3 Å². The van der Waals surface area contributed by atoms with Crippen molar-refractivity contribution in [3.05, 3.63) is 28.7 Å². The van der Waals surface area contributed by atoms with Gasteiger partial charge in [0, 0.05) is 36.8 Å². The van der Waals surface area contributed by atoms with Gasteiger partial charge in [-0.15, -0.1) is 0 Å².